The van der Waals surface area contributed by atoms with Gasteiger partial charge in [-0.1, -0.05) is 50.2 Å². The van der Waals surface area contributed by atoms with E-state index < -0.39 is 0 Å². The minimum absolute atomic E-state index is 0.601. The van der Waals surface area contributed by atoms with Crippen molar-refractivity contribution in [2.75, 3.05) is 0 Å². The summed E-state index contributed by atoms with van der Waals surface area (Å²) in [7, 11) is 0. The SMILES string of the molecule is CCC(C)c1ccc(N=C2[C]=c3c(c4ccc3cc4)=[C]C2)cc1. The van der Waals surface area contributed by atoms with Crippen molar-refractivity contribution in [3.8, 4) is 0 Å². The highest BCUT2D eigenvalue weighted by Crippen LogP contribution is 2.22. The minimum Gasteiger partial charge on any atom is -0.252 e. The molecule has 0 heterocycles. The van der Waals surface area contributed by atoms with E-state index in [9.17, 15) is 0 Å². The van der Waals surface area contributed by atoms with Crippen molar-refractivity contribution < 1.29 is 0 Å². The summed E-state index contributed by atoms with van der Waals surface area (Å²) in [6.07, 6.45) is 8.87. The van der Waals surface area contributed by atoms with E-state index in [0.29, 0.717) is 5.92 Å². The predicted octanol–water partition coefficient (Wildman–Crippen LogP) is 4.28. The molecule has 1 nitrogen and oxygen atoms in total. The first kappa shape index (κ1) is 14.2. The molecule has 23 heavy (non-hydrogen) atoms. The molecule has 112 valence electrons. The van der Waals surface area contributed by atoms with Gasteiger partial charge in [-0.2, -0.15) is 0 Å². The number of hydrogen-bond acceptors (Lipinski definition) is 1. The second-order valence-corrected chi connectivity index (χ2v) is 6.27. The fourth-order valence-electron chi connectivity index (χ4n) is 3.11. The first-order chi connectivity index (χ1) is 11.2. The van der Waals surface area contributed by atoms with Gasteiger partial charge in [-0.05, 0) is 57.3 Å². The van der Waals surface area contributed by atoms with Crippen LogP contribution in [-0.4, -0.2) is 5.71 Å². The summed E-state index contributed by atoms with van der Waals surface area (Å²) >= 11 is 0. The van der Waals surface area contributed by atoms with Crippen LogP contribution in [0.1, 0.15) is 38.2 Å². The lowest BCUT2D eigenvalue weighted by molar-refractivity contribution is 0.734. The van der Waals surface area contributed by atoms with E-state index in [1.165, 1.54) is 21.6 Å². The molecule has 4 aromatic rings. The number of hydrogen-bond donors (Lipinski definition) is 0. The van der Waals surface area contributed by atoms with Crippen LogP contribution in [0.2, 0.25) is 0 Å². The van der Waals surface area contributed by atoms with Crippen molar-refractivity contribution in [1.29, 1.82) is 0 Å². The van der Waals surface area contributed by atoms with Crippen molar-refractivity contribution in [2.45, 2.75) is 32.6 Å². The lowest BCUT2D eigenvalue weighted by Gasteiger charge is -2.10. The topological polar surface area (TPSA) is 12.4 Å². The highest BCUT2D eigenvalue weighted by Gasteiger charge is 2.07. The van der Waals surface area contributed by atoms with Crippen LogP contribution in [0.25, 0.3) is 22.9 Å². The molecule has 1 aliphatic carbocycles. The van der Waals surface area contributed by atoms with E-state index in [0.717, 1.165) is 29.5 Å². The molecule has 2 radical (unpaired) electrons. The van der Waals surface area contributed by atoms with Gasteiger partial charge in [-0.3, -0.25) is 4.99 Å². The molecule has 0 spiro atoms. The third-order valence-corrected chi connectivity index (χ3v) is 4.75. The first-order valence-corrected chi connectivity index (χ1v) is 8.28. The summed E-state index contributed by atoms with van der Waals surface area (Å²) in [5, 5.41) is 4.78. The molecular formula is C22H19N. The fraction of sp³-hybridized carbons (Fsp3) is 0.227. The monoisotopic (exact) mass is 297 g/mol. The second kappa shape index (κ2) is 5.66. The summed E-state index contributed by atoms with van der Waals surface area (Å²) in [4.78, 5) is 4.76. The first-order valence-electron chi connectivity index (χ1n) is 8.28. The maximum absolute atomic E-state index is 4.76. The Balaban J connectivity index is 1.70. The number of benzene rings is 4. The van der Waals surface area contributed by atoms with Gasteiger partial charge in [0.25, 0.3) is 0 Å². The van der Waals surface area contributed by atoms with Crippen molar-refractivity contribution >= 4 is 34.3 Å². The number of aliphatic imine (C=N–C) groups is 1. The lowest BCUT2D eigenvalue weighted by atomic mass is 9.97. The van der Waals surface area contributed by atoms with Crippen LogP contribution < -0.4 is 10.4 Å². The molecule has 0 aliphatic heterocycles. The van der Waals surface area contributed by atoms with Crippen LogP contribution in [0.15, 0.2) is 53.5 Å². The molecule has 0 amide bonds. The van der Waals surface area contributed by atoms with Gasteiger partial charge in [0.2, 0.25) is 0 Å². The Kier molecular flexibility index (Phi) is 3.49. The zero-order valence-corrected chi connectivity index (χ0v) is 13.6. The summed E-state index contributed by atoms with van der Waals surface area (Å²) in [5.74, 6) is 0.601. The number of nitrogens with zero attached hydrogens (tertiary/aromatic N) is 1. The van der Waals surface area contributed by atoms with Crippen LogP contribution in [0.4, 0.5) is 5.69 Å². The summed E-state index contributed by atoms with van der Waals surface area (Å²) < 4.78 is 0. The Morgan fingerprint density at radius 2 is 1.61 bits per heavy atom. The maximum Gasteiger partial charge on any atom is 0.0633 e. The average Bonchev–Trinajstić information content (AvgIpc) is 2.62. The van der Waals surface area contributed by atoms with Gasteiger partial charge >= 0.3 is 0 Å². The van der Waals surface area contributed by atoms with E-state index >= 15 is 0 Å². The van der Waals surface area contributed by atoms with Crippen molar-refractivity contribution in [3.05, 3.63) is 64.5 Å². The Labute approximate surface area is 137 Å². The number of rotatable bonds is 3. The highest BCUT2D eigenvalue weighted by atomic mass is 14.7. The maximum atomic E-state index is 4.76. The largest absolute Gasteiger partial charge is 0.252 e. The molecule has 5 rings (SSSR count). The molecule has 0 fully saturated rings. The molecule has 2 bridgehead atoms. The zero-order chi connectivity index (χ0) is 15.8. The van der Waals surface area contributed by atoms with Gasteiger partial charge in [0.05, 0.1) is 11.4 Å². The van der Waals surface area contributed by atoms with Gasteiger partial charge in [-0.25, -0.2) is 0 Å². The molecule has 0 aromatic heterocycles. The zero-order valence-electron chi connectivity index (χ0n) is 13.6. The predicted molar refractivity (Wildman–Crippen MR) is 98.1 cm³/mol. The van der Waals surface area contributed by atoms with E-state index in [-0.39, 0.29) is 0 Å². The molecule has 0 saturated carbocycles. The van der Waals surface area contributed by atoms with Crippen molar-refractivity contribution in [3.63, 3.8) is 0 Å². The van der Waals surface area contributed by atoms with E-state index in [2.05, 4.69) is 74.5 Å². The highest BCUT2D eigenvalue weighted by molar-refractivity contribution is 6.15. The minimum atomic E-state index is 0.601. The number of fused-ring (bicyclic) bond motifs is 2. The third kappa shape index (κ3) is 2.57. The van der Waals surface area contributed by atoms with Gasteiger partial charge in [0.1, 0.15) is 0 Å². The Morgan fingerprint density at radius 3 is 2.26 bits per heavy atom. The smallest absolute Gasteiger partial charge is 0.0633 e. The second-order valence-electron chi connectivity index (χ2n) is 6.27. The Morgan fingerprint density at radius 1 is 0.957 bits per heavy atom. The molecule has 1 atom stereocenters. The van der Waals surface area contributed by atoms with Crippen LogP contribution in [-0.2, 0) is 0 Å². The summed E-state index contributed by atoms with van der Waals surface area (Å²) in [6, 6.07) is 17.2. The standard InChI is InChI=1S/C22H19N/c1-3-15(2)16-8-10-19(11-9-16)23-20-12-13-21-17-4-6-18(7-5-17)22(21)14-20/h4-11,15H,3,12H2,1-2H3. The molecule has 1 heteroatoms. The van der Waals surface area contributed by atoms with E-state index in [1.54, 1.807) is 0 Å². The quantitative estimate of drug-likeness (QED) is 0.684. The summed E-state index contributed by atoms with van der Waals surface area (Å²) in [5.41, 5.74) is 3.33. The normalized spacial score (nSPS) is 16.9. The average molecular weight is 297 g/mol. The Hall–Kier alpha value is -2.41. The molecule has 0 N–H and O–H groups in total. The third-order valence-electron chi connectivity index (χ3n) is 4.75. The van der Waals surface area contributed by atoms with Gasteiger partial charge in [0, 0.05) is 12.5 Å². The van der Waals surface area contributed by atoms with E-state index in [4.69, 9.17) is 4.99 Å². The van der Waals surface area contributed by atoms with Crippen LogP contribution >= 0.6 is 0 Å². The molecule has 0 saturated heterocycles. The van der Waals surface area contributed by atoms with Crippen LogP contribution in [0, 0.1) is 0 Å². The molecule has 1 unspecified atom stereocenters. The lowest BCUT2D eigenvalue weighted by Crippen LogP contribution is -2.31. The van der Waals surface area contributed by atoms with Crippen molar-refractivity contribution in [1.82, 2.24) is 0 Å². The molecule has 4 aromatic carbocycles. The fourth-order valence-corrected chi connectivity index (χ4v) is 3.11. The summed E-state index contributed by atoms with van der Waals surface area (Å²) in [6.45, 7) is 4.48. The van der Waals surface area contributed by atoms with Gasteiger partial charge in [0.15, 0.2) is 0 Å². The van der Waals surface area contributed by atoms with Gasteiger partial charge < -0.3 is 0 Å². The van der Waals surface area contributed by atoms with Crippen LogP contribution in [0.5, 0.6) is 0 Å². The van der Waals surface area contributed by atoms with Crippen molar-refractivity contribution in [2.24, 2.45) is 4.99 Å². The van der Waals surface area contributed by atoms with E-state index in [1.807, 2.05) is 0 Å². The molecular weight excluding hydrogens is 278 g/mol. The van der Waals surface area contributed by atoms with Gasteiger partial charge in [-0.15, -0.1) is 0 Å². The van der Waals surface area contributed by atoms with Crippen LogP contribution in [0.3, 0.4) is 0 Å². The molecule has 1 aliphatic rings. The Bertz CT molecular complexity index is 957.